The lowest BCUT2D eigenvalue weighted by atomic mass is 9.84. The van der Waals surface area contributed by atoms with Gasteiger partial charge >= 0.3 is 0 Å². The van der Waals surface area contributed by atoms with Gasteiger partial charge in [-0.05, 0) is 61.2 Å². The van der Waals surface area contributed by atoms with Crippen LogP contribution >= 0.6 is 23.3 Å². The number of thiazole rings is 1. The normalized spacial score (nSPS) is 16.1. The molecule has 0 unspecified atom stereocenters. The first-order valence-corrected chi connectivity index (χ1v) is 12.0. The summed E-state index contributed by atoms with van der Waals surface area (Å²) < 4.78 is 4.47. The first-order valence-electron chi connectivity index (χ1n) is 10.3. The Morgan fingerprint density at radius 2 is 2.00 bits per heavy atom. The standard InChI is InChI=1S/C23H25N5O2S2/c1-25-14-17(13-24)23(30)9-11-28(12-10-23)22(29)16-5-7-18(8-6-16)27-32-20-4-2-3-19-21(20)26-15-31-19/h2-8,13-15,24-25,27,30H,9-12H2,1H3/b17-14+,24-13?. The van der Waals surface area contributed by atoms with E-state index >= 15 is 0 Å². The van der Waals surface area contributed by atoms with Crippen LogP contribution in [0.3, 0.4) is 0 Å². The van der Waals surface area contributed by atoms with Gasteiger partial charge < -0.3 is 25.5 Å². The van der Waals surface area contributed by atoms with Crippen molar-refractivity contribution in [1.29, 1.82) is 5.41 Å². The van der Waals surface area contributed by atoms with E-state index in [1.165, 1.54) is 18.2 Å². The molecule has 1 aliphatic rings. The number of rotatable bonds is 7. The number of carbonyl (C=O) groups excluding carboxylic acids is 1. The summed E-state index contributed by atoms with van der Waals surface area (Å²) in [7, 11) is 1.74. The number of benzene rings is 2. The van der Waals surface area contributed by atoms with Crippen LogP contribution in [0.2, 0.25) is 0 Å². The van der Waals surface area contributed by atoms with E-state index in [0.717, 1.165) is 20.8 Å². The number of hydrogen-bond acceptors (Lipinski definition) is 8. The van der Waals surface area contributed by atoms with Crippen LogP contribution in [0.4, 0.5) is 5.69 Å². The van der Waals surface area contributed by atoms with Crippen LogP contribution < -0.4 is 10.0 Å². The molecule has 4 rings (SSSR count). The number of anilines is 1. The highest BCUT2D eigenvalue weighted by Gasteiger charge is 2.36. The zero-order valence-electron chi connectivity index (χ0n) is 17.7. The van der Waals surface area contributed by atoms with Crippen LogP contribution in [0.5, 0.6) is 0 Å². The predicted octanol–water partition coefficient (Wildman–Crippen LogP) is 4.14. The van der Waals surface area contributed by atoms with Crippen LogP contribution in [0, 0.1) is 5.41 Å². The quantitative estimate of drug-likeness (QED) is 0.308. The van der Waals surface area contributed by atoms with Crippen LogP contribution in [0.1, 0.15) is 23.2 Å². The molecule has 1 saturated heterocycles. The molecule has 9 heteroatoms. The van der Waals surface area contributed by atoms with Gasteiger partial charge in [0.15, 0.2) is 0 Å². The number of piperidine rings is 1. The van der Waals surface area contributed by atoms with Crippen molar-refractivity contribution in [1.82, 2.24) is 15.2 Å². The Kier molecular flexibility index (Phi) is 6.78. The number of para-hydroxylation sites is 1. The van der Waals surface area contributed by atoms with E-state index in [0.29, 0.717) is 37.1 Å². The van der Waals surface area contributed by atoms with Gasteiger partial charge in [0, 0.05) is 49.4 Å². The molecule has 1 fully saturated rings. The fourth-order valence-corrected chi connectivity index (χ4v) is 5.29. The Bertz CT molecular complexity index is 1130. The number of hydrogen-bond donors (Lipinski definition) is 4. The van der Waals surface area contributed by atoms with Gasteiger partial charge in [0.1, 0.15) is 0 Å². The smallest absolute Gasteiger partial charge is 0.253 e. The lowest BCUT2D eigenvalue weighted by molar-refractivity contribution is 0.0146. The SMILES string of the molecule is CN/C=C(\C=N)C1(O)CCN(C(=O)c2ccc(NSc3cccc4scnc34)cc2)CC1. The third kappa shape index (κ3) is 4.64. The Labute approximate surface area is 195 Å². The van der Waals surface area contributed by atoms with Crippen molar-refractivity contribution in [3.8, 4) is 0 Å². The number of nitrogens with zero attached hydrogens (tertiary/aromatic N) is 2. The lowest BCUT2D eigenvalue weighted by Gasteiger charge is -2.38. The molecule has 0 spiro atoms. The maximum atomic E-state index is 12.9. The van der Waals surface area contributed by atoms with Gasteiger partial charge in [0.2, 0.25) is 0 Å². The fraction of sp³-hybridized carbons (Fsp3) is 0.261. The van der Waals surface area contributed by atoms with E-state index in [4.69, 9.17) is 5.41 Å². The second-order valence-electron chi connectivity index (χ2n) is 7.59. The largest absolute Gasteiger partial charge is 0.394 e. The number of likely N-dealkylation sites (tertiary alicyclic amines) is 1. The van der Waals surface area contributed by atoms with E-state index < -0.39 is 5.60 Å². The Hall–Kier alpha value is -2.88. The molecule has 166 valence electrons. The molecule has 3 aromatic rings. The topological polar surface area (TPSA) is 101 Å². The van der Waals surface area contributed by atoms with Crippen molar-refractivity contribution in [2.45, 2.75) is 23.3 Å². The van der Waals surface area contributed by atoms with Crippen molar-refractivity contribution in [2.75, 3.05) is 24.9 Å². The summed E-state index contributed by atoms with van der Waals surface area (Å²) in [4.78, 5) is 20.2. The highest BCUT2D eigenvalue weighted by atomic mass is 32.2. The number of aromatic nitrogens is 1. The first-order chi connectivity index (χ1) is 15.5. The van der Waals surface area contributed by atoms with Crippen LogP contribution in [0.15, 0.2) is 64.6 Å². The van der Waals surface area contributed by atoms with E-state index in [1.807, 2.05) is 41.9 Å². The van der Waals surface area contributed by atoms with Crippen molar-refractivity contribution < 1.29 is 9.90 Å². The van der Waals surface area contributed by atoms with Gasteiger partial charge in [-0.15, -0.1) is 11.3 Å². The number of carbonyl (C=O) groups is 1. The van der Waals surface area contributed by atoms with Crippen molar-refractivity contribution >= 4 is 51.3 Å². The second kappa shape index (κ2) is 9.72. The Morgan fingerprint density at radius 1 is 1.25 bits per heavy atom. The summed E-state index contributed by atoms with van der Waals surface area (Å²) in [5, 5.41) is 21.3. The van der Waals surface area contributed by atoms with Crippen molar-refractivity contribution in [3.63, 3.8) is 0 Å². The molecule has 0 radical (unpaired) electrons. The molecule has 4 N–H and O–H groups in total. The number of fused-ring (bicyclic) bond motifs is 1. The summed E-state index contributed by atoms with van der Waals surface area (Å²) in [6, 6.07) is 13.5. The van der Waals surface area contributed by atoms with Gasteiger partial charge in [-0.3, -0.25) is 4.79 Å². The highest BCUT2D eigenvalue weighted by molar-refractivity contribution is 8.00. The van der Waals surface area contributed by atoms with Gasteiger partial charge in [-0.2, -0.15) is 0 Å². The van der Waals surface area contributed by atoms with Crippen molar-refractivity contribution in [3.05, 3.63) is 65.3 Å². The number of nitrogens with one attached hydrogen (secondary N) is 3. The third-order valence-electron chi connectivity index (χ3n) is 5.60. The predicted molar refractivity (Wildman–Crippen MR) is 132 cm³/mol. The van der Waals surface area contributed by atoms with E-state index in [-0.39, 0.29) is 5.91 Å². The summed E-state index contributed by atoms with van der Waals surface area (Å²) in [6.45, 7) is 0.884. The van der Waals surface area contributed by atoms with Crippen LogP contribution in [0.25, 0.3) is 10.2 Å². The maximum Gasteiger partial charge on any atom is 0.253 e. The monoisotopic (exact) mass is 467 g/mol. The Balaban J connectivity index is 1.36. The molecule has 1 amide bonds. The minimum atomic E-state index is -1.08. The number of aliphatic hydroxyl groups is 1. The van der Waals surface area contributed by atoms with E-state index in [1.54, 1.807) is 29.5 Å². The summed E-state index contributed by atoms with van der Waals surface area (Å²) in [5.41, 5.74) is 3.81. The van der Waals surface area contributed by atoms with Crippen LogP contribution in [-0.4, -0.2) is 52.9 Å². The summed E-state index contributed by atoms with van der Waals surface area (Å²) in [6.07, 6.45) is 3.62. The fourth-order valence-electron chi connectivity index (χ4n) is 3.75. The van der Waals surface area contributed by atoms with Crippen LogP contribution in [-0.2, 0) is 0 Å². The molecule has 2 aromatic carbocycles. The maximum absolute atomic E-state index is 12.9. The molecule has 0 saturated carbocycles. The van der Waals surface area contributed by atoms with Gasteiger partial charge in [0.25, 0.3) is 5.91 Å². The molecule has 32 heavy (non-hydrogen) atoms. The molecule has 0 bridgehead atoms. The minimum Gasteiger partial charge on any atom is -0.394 e. The molecular weight excluding hydrogens is 442 g/mol. The van der Waals surface area contributed by atoms with E-state index in [2.05, 4.69) is 21.1 Å². The highest BCUT2D eigenvalue weighted by Crippen LogP contribution is 2.31. The lowest BCUT2D eigenvalue weighted by Crippen LogP contribution is -2.48. The average Bonchev–Trinajstić information content (AvgIpc) is 3.31. The average molecular weight is 468 g/mol. The Morgan fingerprint density at radius 3 is 2.69 bits per heavy atom. The molecular formula is C23H25N5O2S2. The zero-order valence-corrected chi connectivity index (χ0v) is 19.3. The van der Waals surface area contributed by atoms with Crippen molar-refractivity contribution in [2.24, 2.45) is 0 Å². The number of amides is 1. The molecule has 0 aliphatic carbocycles. The molecule has 1 aromatic heterocycles. The van der Waals surface area contributed by atoms with E-state index in [9.17, 15) is 9.90 Å². The third-order valence-corrected chi connectivity index (χ3v) is 7.29. The molecule has 0 atom stereocenters. The molecule has 7 nitrogen and oxygen atoms in total. The molecule has 1 aliphatic heterocycles. The summed E-state index contributed by atoms with van der Waals surface area (Å²) in [5.74, 6) is -0.0486. The summed E-state index contributed by atoms with van der Waals surface area (Å²) >= 11 is 3.12. The second-order valence-corrected chi connectivity index (χ2v) is 9.33. The van der Waals surface area contributed by atoms with Gasteiger partial charge in [0.05, 0.1) is 26.2 Å². The molecule has 2 heterocycles. The first kappa shape index (κ1) is 22.3. The van der Waals surface area contributed by atoms with Gasteiger partial charge in [-0.25, -0.2) is 4.98 Å². The minimum absolute atomic E-state index is 0.0486. The zero-order chi connectivity index (χ0) is 22.6. The van der Waals surface area contributed by atoms with Gasteiger partial charge in [-0.1, -0.05) is 6.07 Å².